The Hall–Kier alpha value is -4.19. The molecule has 32 heavy (non-hydrogen) atoms. The number of aromatic nitrogens is 3. The molecule has 1 aromatic carbocycles. The number of benzene rings is 1. The summed E-state index contributed by atoms with van der Waals surface area (Å²) in [7, 11) is 0. The Morgan fingerprint density at radius 1 is 1.00 bits per heavy atom. The maximum absolute atomic E-state index is 13.5. The highest BCUT2D eigenvalue weighted by Crippen LogP contribution is 2.22. The molecule has 0 spiro atoms. The first kappa shape index (κ1) is 21.1. The fraction of sp³-hybridized carbons (Fsp3) is 0.0769. The molecule has 0 fully saturated rings. The van der Waals surface area contributed by atoms with Gasteiger partial charge in [0.25, 0.3) is 0 Å². The molecule has 0 aliphatic carbocycles. The van der Waals surface area contributed by atoms with Gasteiger partial charge < -0.3 is 5.32 Å². The van der Waals surface area contributed by atoms with Crippen molar-refractivity contribution in [3.8, 4) is 22.5 Å². The van der Waals surface area contributed by atoms with Crippen molar-refractivity contribution in [3.63, 3.8) is 0 Å². The largest absolute Gasteiger partial charge is 0.366 e. The van der Waals surface area contributed by atoms with Gasteiger partial charge in [-0.25, -0.2) is 4.39 Å². The summed E-state index contributed by atoms with van der Waals surface area (Å²) in [5.74, 6) is -0.0892. The third-order valence-corrected chi connectivity index (χ3v) is 5.03. The Labute approximate surface area is 186 Å². The van der Waals surface area contributed by atoms with Crippen molar-refractivity contribution in [1.82, 2.24) is 20.3 Å². The van der Waals surface area contributed by atoms with E-state index >= 15 is 0 Å². The number of hydrogen-bond acceptors (Lipinski definition) is 4. The van der Waals surface area contributed by atoms with Crippen LogP contribution in [-0.2, 0) is 6.54 Å². The first-order valence-electron chi connectivity index (χ1n) is 10.1. The quantitative estimate of drug-likeness (QED) is 0.321. The van der Waals surface area contributed by atoms with E-state index in [9.17, 15) is 4.39 Å². The van der Waals surface area contributed by atoms with E-state index in [0.717, 1.165) is 28.1 Å². The van der Waals surface area contributed by atoms with Gasteiger partial charge in [-0.1, -0.05) is 30.9 Å². The standard InChI is InChI=1S/C26H22FN5/c1-3-19-13-25(20-5-4-6-22(27)12-20)31-16-23(19)26(28)32-15-18-7-8-24(30-14-18)21-9-10-29-17(2)11-21/h3-14,16H,1,15H2,2H3,(H2,28,32). The normalized spacial score (nSPS) is 10.6. The van der Waals surface area contributed by atoms with Gasteiger partial charge in [0.05, 0.1) is 11.4 Å². The maximum atomic E-state index is 13.5. The predicted octanol–water partition coefficient (Wildman–Crippen LogP) is 5.41. The Balaban J connectivity index is 1.46. The lowest BCUT2D eigenvalue weighted by molar-refractivity contribution is 0.628. The maximum Gasteiger partial charge on any atom is 0.127 e. The number of aryl methyl sites for hydroxylation is 1. The van der Waals surface area contributed by atoms with Crippen LogP contribution in [0.15, 0.2) is 79.8 Å². The van der Waals surface area contributed by atoms with E-state index in [2.05, 4.69) is 26.8 Å². The van der Waals surface area contributed by atoms with E-state index in [0.29, 0.717) is 23.4 Å². The Bertz CT molecular complexity index is 1280. The molecule has 0 saturated heterocycles. The second-order valence-electron chi connectivity index (χ2n) is 7.34. The smallest absolute Gasteiger partial charge is 0.127 e. The number of pyridine rings is 3. The lowest BCUT2D eigenvalue weighted by Crippen LogP contribution is -2.24. The monoisotopic (exact) mass is 423 g/mol. The number of nitrogens with one attached hydrogen (secondary N) is 2. The average Bonchev–Trinajstić information content (AvgIpc) is 2.82. The van der Waals surface area contributed by atoms with E-state index in [1.165, 1.54) is 12.1 Å². The summed E-state index contributed by atoms with van der Waals surface area (Å²) in [5, 5.41) is 11.6. The summed E-state index contributed by atoms with van der Waals surface area (Å²) >= 11 is 0. The lowest BCUT2D eigenvalue weighted by atomic mass is 10.0. The van der Waals surface area contributed by atoms with Gasteiger partial charge in [0, 0.05) is 47.5 Å². The second kappa shape index (κ2) is 9.31. The van der Waals surface area contributed by atoms with Crippen molar-refractivity contribution in [3.05, 3.63) is 108 Å². The third kappa shape index (κ3) is 4.75. The molecule has 0 atom stereocenters. The predicted molar refractivity (Wildman–Crippen MR) is 126 cm³/mol. The van der Waals surface area contributed by atoms with Crippen LogP contribution in [0.25, 0.3) is 28.6 Å². The van der Waals surface area contributed by atoms with Crippen LogP contribution in [0, 0.1) is 18.2 Å². The van der Waals surface area contributed by atoms with Crippen molar-refractivity contribution in [2.45, 2.75) is 13.5 Å². The van der Waals surface area contributed by atoms with E-state index in [4.69, 9.17) is 5.41 Å². The molecule has 158 valence electrons. The van der Waals surface area contributed by atoms with Crippen LogP contribution in [0.5, 0.6) is 0 Å². The Kier molecular flexibility index (Phi) is 6.12. The summed E-state index contributed by atoms with van der Waals surface area (Å²) < 4.78 is 13.5. The summed E-state index contributed by atoms with van der Waals surface area (Å²) in [6.45, 7) is 6.25. The minimum absolute atomic E-state index is 0.229. The number of rotatable bonds is 6. The average molecular weight is 423 g/mol. The first-order valence-corrected chi connectivity index (χ1v) is 10.1. The minimum Gasteiger partial charge on any atom is -0.366 e. The molecular weight excluding hydrogens is 401 g/mol. The van der Waals surface area contributed by atoms with E-state index in [-0.39, 0.29) is 11.7 Å². The van der Waals surface area contributed by atoms with Gasteiger partial charge in [-0.2, -0.15) is 0 Å². The number of amidine groups is 1. The van der Waals surface area contributed by atoms with Gasteiger partial charge in [0.15, 0.2) is 0 Å². The topological polar surface area (TPSA) is 74.6 Å². The Morgan fingerprint density at radius 3 is 2.53 bits per heavy atom. The SMILES string of the molecule is C=Cc1cc(-c2cccc(F)c2)ncc1C(=N)NCc1ccc(-c2ccnc(C)c2)nc1. The van der Waals surface area contributed by atoms with Gasteiger partial charge in [-0.15, -0.1) is 0 Å². The summed E-state index contributed by atoms with van der Waals surface area (Å²) in [6.07, 6.45) is 6.85. The summed E-state index contributed by atoms with van der Waals surface area (Å²) in [5.41, 5.74) is 6.46. The molecular formula is C26H22FN5. The zero-order chi connectivity index (χ0) is 22.5. The molecule has 0 saturated carbocycles. The molecule has 2 N–H and O–H groups in total. The highest BCUT2D eigenvalue weighted by atomic mass is 19.1. The van der Waals surface area contributed by atoms with Crippen molar-refractivity contribution in [2.24, 2.45) is 0 Å². The van der Waals surface area contributed by atoms with Crippen molar-refractivity contribution in [2.75, 3.05) is 0 Å². The van der Waals surface area contributed by atoms with Gasteiger partial charge in [0.1, 0.15) is 11.7 Å². The third-order valence-electron chi connectivity index (χ3n) is 5.03. The summed E-state index contributed by atoms with van der Waals surface area (Å²) in [4.78, 5) is 13.2. The molecule has 5 nitrogen and oxygen atoms in total. The molecule has 0 aliphatic rings. The van der Waals surface area contributed by atoms with Crippen LogP contribution >= 0.6 is 0 Å². The molecule has 0 aliphatic heterocycles. The van der Waals surface area contributed by atoms with Crippen LogP contribution in [0.4, 0.5) is 4.39 Å². The number of hydrogen-bond donors (Lipinski definition) is 2. The van der Waals surface area contributed by atoms with Crippen LogP contribution in [0.3, 0.4) is 0 Å². The van der Waals surface area contributed by atoms with Gasteiger partial charge in [-0.3, -0.25) is 20.4 Å². The van der Waals surface area contributed by atoms with Crippen molar-refractivity contribution < 1.29 is 4.39 Å². The van der Waals surface area contributed by atoms with E-state index in [1.807, 2.05) is 31.2 Å². The zero-order valence-electron chi connectivity index (χ0n) is 17.6. The van der Waals surface area contributed by atoms with Gasteiger partial charge in [0.2, 0.25) is 0 Å². The molecule has 0 amide bonds. The highest BCUT2D eigenvalue weighted by Gasteiger charge is 2.10. The minimum atomic E-state index is -0.318. The van der Waals surface area contributed by atoms with Crippen LogP contribution in [-0.4, -0.2) is 20.8 Å². The molecule has 3 heterocycles. The molecule has 0 bridgehead atoms. The molecule has 4 aromatic rings. The molecule has 3 aromatic heterocycles. The van der Waals surface area contributed by atoms with E-state index in [1.54, 1.807) is 42.9 Å². The molecule has 0 unspecified atom stereocenters. The fourth-order valence-corrected chi connectivity index (χ4v) is 3.34. The van der Waals surface area contributed by atoms with Crippen LogP contribution in [0.1, 0.15) is 22.4 Å². The Morgan fingerprint density at radius 2 is 1.81 bits per heavy atom. The highest BCUT2D eigenvalue weighted by molar-refractivity contribution is 5.99. The zero-order valence-corrected chi connectivity index (χ0v) is 17.6. The van der Waals surface area contributed by atoms with Crippen molar-refractivity contribution >= 4 is 11.9 Å². The molecule has 6 heteroatoms. The molecule has 4 rings (SSSR count). The van der Waals surface area contributed by atoms with Crippen LogP contribution in [0.2, 0.25) is 0 Å². The van der Waals surface area contributed by atoms with Crippen LogP contribution < -0.4 is 5.32 Å². The fourth-order valence-electron chi connectivity index (χ4n) is 3.34. The number of halogens is 1. The lowest BCUT2D eigenvalue weighted by Gasteiger charge is -2.12. The van der Waals surface area contributed by atoms with Crippen molar-refractivity contribution in [1.29, 1.82) is 5.41 Å². The molecule has 0 radical (unpaired) electrons. The second-order valence-corrected chi connectivity index (χ2v) is 7.34. The number of nitrogens with zero attached hydrogens (tertiary/aromatic N) is 3. The first-order chi connectivity index (χ1) is 15.5. The van der Waals surface area contributed by atoms with Gasteiger partial charge >= 0.3 is 0 Å². The summed E-state index contributed by atoms with van der Waals surface area (Å²) in [6, 6.07) is 15.9. The van der Waals surface area contributed by atoms with Gasteiger partial charge in [-0.05, 0) is 54.4 Å². The van der Waals surface area contributed by atoms with E-state index < -0.39 is 0 Å².